The molecular formula is C18H26O6. The summed E-state index contributed by atoms with van der Waals surface area (Å²) >= 11 is 0. The fourth-order valence-electron chi connectivity index (χ4n) is 3.57. The Labute approximate surface area is 142 Å². The van der Waals surface area contributed by atoms with E-state index < -0.39 is 11.9 Å². The van der Waals surface area contributed by atoms with Gasteiger partial charge in [0.2, 0.25) is 0 Å². The summed E-state index contributed by atoms with van der Waals surface area (Å²) in [4.78, 5) is 0. The lowest BCUT2D eigenvalue weighted by Crippen LogP contribution is -2.34. The van der Waals surface area contributed by atoms with Gasteiger partial charge in [-0.1, -0.05) is 12.1 Å². The van der Waals surface area contributed by atoms with Crippen LogP contribution in [-0.2, 0) is 20.8 Å². The van der Waals surface area contributed by atoms with E-state index in [1.807, 2.05) is 38.1 Å². The zero-order valence-corrected chi connectivity index (χ0v) is 14.3. The first-order chi connectivity index (χ1) is 11.4. The number of aliphatic hydroxyl groups excluding tert-OH is 2. The van der Waals surface area contributed by atoms with Gasteiger partial charge >= 0.3 is 0 Å². The maximum Gasteiger partial charge on any atom is 0.163 e. The van der Waals surface area contributed by atoms with Crippen LogP contribution < -0.4 is 4.74 Å². The van der Waals surface area contributed by atoms with Crippen molar-refractivity contribution < 1.29 is 29.2 Å². The lowest BCUT2D eigenvalue weighted by atomic mass is 9.99. The lowest BCUT2D eigenvalue weighted by Gasteiger charge is -2.25. The van der Waals surface area contributed by atoms with Crippen LogP contribution >= 0.6 is 0 Å². The summed E-state index contributed by atoms with van der Waals surface area (Å²) in [7, 11) is 1.63. The van der Waals surface area contributed by atoms with Crippen LogP contribution in [0.5, 0.6) is 5.75 Å². The van der Waals surface area contributed by atoms with Crippen LogP contribution in [0.25, 0.3) is 0 Å². The monoisotopic (exact) mass is 338 g/mol. The number of methoxy groups -OCH3 is 1. The smallest absolute Gasteiger partial charge is 0.163 e. The van der Waals surface area contributed by atoms with Crippen LogP contribution in [0.15, 0.2) is 24.3 Å². The molecule has 134 valence electrons. The highest BCUT2D eigenvalue weighted by Crippen LogP contribution is 2.44. The van der Waals surface area contributed by atoms with Gasteiger partial charge in [0, 0.05) is 5.92 Å². The summed E-state index contributed by atoms with van der Waals surface area (Å²) in [6.45, 7) is 3.87. The predicted octanol–water partition coefficient (Wildman–Crippen LogP) is 1.47. The van der Waals surface area contributed by atoms with Gasteiger partial charge in [0.15, 0.2) is 5.79 Å². The van der Waals surface area contributed by atoms with E-state index in [2.05, 4.69) is 0 Å². The topological polar surface area (TPSA) is 77.4 Å². The van der Waals surface area contributed by atoms with Gasteiger partial charge in [-0.15, -0.1) is 0 Å². The molecule has 1 aliphatic carbocycles. The molecule has 2 fully saturated rings. The second-order valence-electron chi connectivity index (χ2n) is 6.91. The molecule has 2 aliphatic rings. The third-order valence-electron chi connectivity index (χ3n) is 4.76. The van der Waals surface area contributed by atoms with Crippen molar-refractivity contribution in [3.8, 4) is 5.75 Å². The average molecular weight is 338 g/mol. The summed E-state index contributed by atoms with van der Waals surface area (Å²) in [5.74, 6) is -0.0898. The van der Waals surface area contributed by atoms with Crippen molar-refractivity contribution in [3.63, 3.8) is 0 Å². The normalized spacial score (nSPS) is 32.5. The Bertz CT molecular complexity index is 543. The van der Waals surface area contributed by atoms with Crippen LogP contribution in [0.2, 0.25) is 0 Å². The number of ether oxygens (including phenoxy) is 4. The molecule has 1 aromatic rings. The summed E-state index contributed by atoms with van der Waals surface area (Å²) in [5.41, 5.74) is 1.04. The van der Waals surface area contributed by atoms with Crippen molar-refractivity contribution in [2.75, 3.05) is 13.7 Å². The van der Waals surface area contributed by atoms with Crippen LogP contribution in [-0.4, -0.2) is 54.1 Å². The average Bonchev–Trinajstić information content (AvgIpc) is 3.06. The van der Waals surface area contributed by atoms with E-state index in [0.717, 1.165) is 11.3 Å². The van der Waals surface area contributed by atoms with Crippen molar-refractivity contribution in [3.05, 3.63) is 29.8 Å². The fourth-order valence-corrected chi connectivity index (χ4v) is 3.57. The molecular weight excluding hydrogens is 312 g/mol. The lowest BCUT2D eigenvalue weighted by molar-refractivity contribution is -0.177. The van der Waals surface area contributed by atoms with Crippen molar-refractivity contribution >= 4 is 0 Å². The molecule has 0 amide bonds. The molecule has 6 heteroatoms. The van der Waals surface area contributed by atoms with Gasteiger partial charge in [-0.25, -0.2) is 0 Å². The molecule has 0 aromatic heterocycles. The van der Waals surface area contributed by atoms with E-state index in [9.17, 15) is 10.2 Å². The minimum Gasteiger partial charge on any atom is -0.497 e. The molecule has 1 aliphatic heterocycles. The summed E-state index contributed by atoms with van der Waals surface area (Å²) in [5, 5.41) is 19.4. The minimum atomic E-state index is -0.829. The molecule has 2 N–H and O–H groups in total. The number of benzene rings is 1. The largest absolute Gasteiger partial charge is 0.497 e. The van der Waals surface area contributed by atoms with Crippen LogP contribution in [0.3, 0.4) is 0 Å². The number of fused-ring (bicyclic) bond motifs is 1. The van der Waals surface area contributed by atoms with Crippen LogP contribution in [0.4, 0.5) is 0 Å². The van der Waals surface area contributed by atoms with Crippen molar-refractivity contribution in [1.82, 2.24) is 0 Å². The highest BCUT2D eigenvalue weighted by atomic mass is 16.8. The SMILES string of the molecule is COc1ccc(CO[C@H]2C[C@H](C(O)CO)[C@H]3OC(C)(C)O[C@H]32)cc1. The molecule has 1 heterocycles. The Balaban J connectivity index is 1.66. The number of rotatable bonds is 6. The first-order valence-electron chi connectivity index (χ1n) is 8.32. The van der Waals surface area contributed by atoms with Crippen LogP contribution in [0, 0.1) is 5.92 Å². The molecule has 1 saturated heterocycles. The highest BCUT2D eigenvalue weighted by Gasteiger charge is 2.56. The van der Waals surface area contributed by atoms with E-state index in [0.29, 0.717) is 13.0 Å². The van der Waals surface area contributed by atoms with Gasteiger partial charge in [0.05, 0.1) is 38.6 Å². The van der Waals surface area contributed by atoms with E-state index in [1.54, 1.807) is 7.11 Å². The maximum absolute atomic E-state index is 10.1. The molecule has 0 radical (unpaired) electrons. The Morgan fingerprint density at radius 3 is 2.50 bits per heavy atom. The molecule has 1 unspecified atom stereocenters. The van der Waals surface area contributed by atoms with Gasteiger partial charge < -0.3 is 29.2 Å². The number of hydrogen-bond acceptors (Lipinski definition) is 6. The number of hydrogen-bond donors (Lipinski definition) is 2. The van der Waals surface area contributed by atoms with Gasteiger partial charge in [-0.2, -0.15) is 0 Å². The summed E-state index contributed by atoms with van der Waals surface area (Å²) in [6.07, 6.45) is -0.898. The molecule has 5 atom stereocenters. The highest BCUT2D eigenvalue weighted by molar-refractivity contribution is 5.26. The molecule has 6 nitrogen and oxygen atoms in total. The quantitative estimate of drug-likeness (QED) is 0.818. The molecule has 24 heavy (non-hydrogen) atoms. The minimum absolute atomic E-state index is 0.176. The third kappa shape index (κ3) is 3.58. The molecule has 0 spiro atoms. The predicted molar refractivity (Wildman–Crippen MR) is 86.6 cm³/mol. The van der Waals surface area contributed by atoms with E-state index in [-0.39, 0.29) is 30.8 Å². The Morgan fingerprint density at radius 2 is 1.88 bits per heavy atom. The Hall–Kier alpha value is -1.18. The summed E-state index contributed by atoms with van der Waals surface area (Å²) in [6, 6.07) is 7.71. The van der Waals surface area contributed by atoms with Gasteiger partial charge in [-0.3, -0.25) is 0 Å². The van der Waals surface area contributed by atoms with E-state index in [4.69, 9.17) is 18.9 Å². The van der Waals surface area contributed by atoms with E-state index in [1.165, 1.54) is 0 Å². The summed E-state index contributed by atoms with van der Waals surface area (Å²) < 4.78 is 23.1. The van der Waals surface area contributed by atoms with Crippen molar-refractivity contribution in [1.29, 1.82) is 0 Å². The number of aliphatic hydroxyl groups is 2. The molecule has 0 bridgehead atoms. The van der Waals surface area contributed by atoms with Crippen LogP contribution in [0.1, 0.15) is 25.8 Å². The zero-order chi connectivity index (χ0) is 17.3. The van der Waals surface area contributed by atoms with Crippen molar-refractivity contribution in [2.24, 2.45) is 5.92 Å². The first kappa shape index (κ1) is 17.6. The van der Waals surface area contributed by atoms with E-state index >= 15 is 0 Å². The second-order valence-corrected chi connectivity index (χ2v) is 6.91. The van der Waals surface area contributed by atoms with Gasteiger partial charge in [-0.05, 0) is 38.0 Å². The standard InChI is InChI=1S/C18H26O6/c1-18(2)23-16-13(14(20)9-19)8-15(17(16)24-18)22-10-11-4-6-12(21-3)7-5-11/h4-7,13-17,19-20H,8-10H2,1-3H3/t13-,14?,15+,16-,17+/m1/s1. The van der Waals surface area contributed by atoms with Crippen molar-refractivity contribution in [2.45, 2.75) is 57.1 Å². The second kappa shape index (κ2) is 6.98. The zero-order valence-electron chi connectivity index (χ0n) is 14.3. The maximum atomic E-state index is 10.1. The van der Waals surface area contributed by atoms with Gasteiger partial charge in [0.25, 0.3) is 0 Å². The molecule has 1 aromatic carbocycles. The third-order valence-corrected chi connectivity index (χ3v) is 4.76. The fraction of sp³-hybridized carbons (Fsp3) is 0.667. The van der Waals surface area contributed by atoms with Gasteiger partial charge in [0.1, 0.15) is 11.9 Å². The Morgan fingerprint density at radius 1 is 1.21 bits per heavy atom. The molecule has 1 saturated carbocycles. The Kier molecular flexibility index (Phi) is 5.13. The first-order valence-corrected chi connectivity index (χ1v) is 8.32. The molecule has 3 rings (SSSR count).